The number of allylic oxidation sites excluding steroid dienone is 1. The van der Waals surface area contributed by atoms with Gasteiger partial charge in [-0.1, -0.05) is 18.2 Å². The van der Waals surface area contributed by atoms with Crippen LogP contribution < -0.4 is 10.1 Å². The molecule has 0 radical (unpaired) electrons. The smallest absolute Gasteiger partial charge is 0.221 e. The molecule has 0 heterocycles. The number of nitrogens with one attached hydrogen (secondary N) is 1. The number of benzene rings is 3. The van der Waals surface area contributed by atoms with Crippen LogP contribution in [-0.2, 0) is 4.79 Å². The van der Waals surface area contributed by atoms with Gasteiger partial charge in [0.15, 0.2) is 5.78 Å². The van der Waals surface area contributed by atoms with Gasteiger partial charge in [0.1, 0.15) is 23.1 Å². The lowest BCUT2D eigenvalue weighted by Gasteiger charge is -2.06. The third kappa shape index (κ3) is 5.52. The van der Waals surface area contributed by atoms with E-state index in [1.165, 1.54) is 55.5 Å². The predicted octanol–water partition coefficient (Wildman–Crippen LogP) is 5.18. The van der Waals surface area contributed by atoms with E-state index in [9.17, 15) is 19.1 Å². The van der Waals surface area contributed by atoms with E-state index in [0.717, 1.165) is 5.56 Å². The zero-order valence-electron chi connectivity index (χ0n) is 15.6. The summed E-state index contributed by atoms with van der Waals surface area (Å²) in [6.45, 7) is 1.36. The molecular formula is C23H18FNO4. The van der Waals surface area contributed by atoms with E-state index >= 15 is 0 Å². The summed E-state index contributed by atoms with van der Waals surface area (Å²) in [5.74, 6) is -0.0954. The van der Waals surface area contributed by atoms with Crippen LogP contribution >= 0.6 is 0 Å². The minimum atomic E-state index is -0.402. The van der Waals surface area contributed by atoms with Gasteiger partial charge in [-0.15, -0.1) is 0 Å². The second-order valence-electron chi connectivity index (χ2n) is 6.24. The number of ether oxygens (including phenoxy) is 1. The molecule has 0 unspecified atom stereocenters. The molecule has 0 fully saturated rings. The van der Waals surface area contributed by atoms with Crippen molar-refractivity contribution < 1.29 is 23.8 Å². The van der Waals surface area contributed by atoms with Gasteiger partial charge in [-0.2, -0.15) is 0 Å². The molecule has 146 valence electrons. The predicted molar refractivity (Wildman–Crippen MR) is 109 cm³/mol. The SMILES string of the molecule is CC(=O)Nc1ccc(O)c(C(=O)C=Cc2ccc(Oc3ccc(F)cc3)cc2)c1. The maximum absolute atomic E-state index is 12.9. The normalized spacial score (nSPS) is 10.7. The van der Waals surface area contributed by atoms with Crippen molar-refractivity contribution in [1.82, 2.24) is 0 Å². The van der Waals surface area contributed by atoms with Crippen LogP contribution in [0.5, 0.6) is 17.2 Å². The number of halogens is 1. The first-order chi connectivity index (χ1) is 13.9. The van der Waals surface area contributed by atoms with Crippen LogP contribution in [0.3, 0.4) is 0 Å². The Morgan fingerprint density at radius 1 is 0.966 bits per heavy atom. The fourth-order valence-corrected chi connectivity index (χ4v) is 2.56. The van der Waals surface area contributed by atoms with Crippen molar-refractivity contribution in [3.8, 4) is 17.2 Å². The number of aromatic hydroxyl groups is 1. The number of carbonyl (C=O) groups excluding carboxylic acids is 2. The zero-order chi connectivity index (χ0) is 20.8. The largest absolute Gasteiger partial charge is 0.507 e. The number of hydrogen-bond donors (Lipinski definition) is 2. The van der Waals surface area contributed by atoms with Crippen LogP contribution in [0, 0.1) is 5.82 Å². The summed E-state index contributed by atoms with van der Waals surface area (Å²) in [6.07, 6.45) is 2.94. The lowest BCUT2D eigenvalue weighted by Crippen LogP contribution is -2.06. The Kier molecular flexibility index (Phi) is 6.04. The summed E-state index contributed by atoms with van der Waals surface area (Å²) < 4.78 is 18.5. The summed E-state index contributed by atoms with van der Waals surface area (Å²) >= 11 is 0. The average Bonchev–Trinajstić information content (AvgIpc) is 2.70. The number of carbonyl (C=O) groups is 2. The number of phenols is 1. The van der Waals surface area contributed by atoms with Crippen LogP contribution in [-0.4, -0.2) is 16.8 Å². The van der Waals surface area contributed by atoms with Crippen molar-refractivity contribution in [3.05, 3.63) is 89.8 Å². The molecule has 0 aliphatic rings. The highest BCUT2D eigenvalue weighted by molar-refractivity contribution is 6.09. The van der Waals surface area contributed by atoms with Crippen molar-refractivity contribution in [2.75, 3.05) is 5.32 Å². The molecule has 0 bridgehead atoms. The highest BCUT2D eigenvalue weighted by Gasteiger charge is 2.10. The van der Waals surface area contributed by atoms with Crippen molar-refractivity contribution in [2.45, 2.75) is 6.92 Å². The summed E-state index contributed by atoms with van der Waals surface area (Å²) in [5, 5.41) is 12.5. The topological polar surface area (TPSA) is 75.6 Å². The van der Waals surface area contributed by atoms with E-state index in [1.807, 2.05) is 0 Å². The van der Waals surface area contributed by atoms with Crippen LogP contribution in [0.1, 0.15) is 22.8 Å². The third-order valence-electron chi connectivity index (χ3n) is 3.94. The number of ketones is 1. The zero-order valence-corrected chi connectivity index (χ0v) is 15.6. The first kappa shape index (κ1) is 19.8. The third-order valence-corrected chi connectivity index (χ3v) is 3.94. The Balaban J connectivity index is 1.68. The molecule has 0 aliphatic carbocycles. The summed E-state index contributed by atoms with van der Waals surface area (Å²) in [6, 6.07) is 16.9. The Hall–Kier alpha value is -3.93. The monoisotopic (exact) mass is 391 g/mol. The van der Waals surface area contributed by atoms with Crippen molar-refractivity contribution in [2.24, 2.45) is 0 Å². The number of anilines is 1. The Labute approximate surface area is 167 Å². The van der Waals surface area contributed by atoms with E-state index in [0.29, 0.717) is 17.2 Å². The van der Waals surface area contributed by atoms with Gasteiger partial charge in [-0.05, 0) is 66.2 Å². The molecule has 0 spiro atoms. The Morgan fingerprint density at radius 3 is 2.21 bits per heavy atom. The molecule has 0 atom stereocenters. The fraction of sp³-hybridized carbons (Fsp3) is 0.0435. The van der Waals surface area contributed by atoms with E-state index in [1.54, 1.807) is 30.3 Å². The number of phenolic OH excluding ortho intramolecular Hbond substituents is 1. The molecular weight excluding hydrogens is 373 g/mol. The molecule has 29 heavy (non-hydrogen) atoms. The van der Waals surface area contributed by atoms with Gasteiger partial charge in [-0.3, -0.25) is 9.59 Å². The molecule has 0 saturated carbocycles. The van der Waals surface area contributed by atoms with Crippen LogP contribution in [0.4, 0.5) is 10.1 Å². The molecule has 2 N–H and O–H groups in total. The standard InChI is InChI=1S/C23H18FNO4/c1-15(26)25-18-7-13-23(28)21(14-18)22(27)12-4-16-2-8-19(9-3-16)29-20-10-5-17(24)6-11-20/h2-14,28H,1H3,(H,25,26). The minimum Gasteiger partial charge on any atom is -0.507 e. The van der Waals surface area contributed by atoms with Gasteiger partial charge in [-0.25, -0.2) is 4.39 Å². The molecule has 0 aromatic heterocycles. The van der Waals surface area contributed by atoms with Gasteiger partial charge in [0, 0.05) is 12.6 Å². The first-order valence-corrected chi connectivity index (χ1v) is 8.77. The molecule has 3 rings (SSSR count). The second-order valence-corrected chi connectivity index (χ2v) is 6.24. The molecule has 3 aromatic carbocycles. The molecule has 3 aromatic rings. The van der Waals surface area contributed by atoms with Crippen molar-refractivity contribution >= 4 is 23.5 Å². The van der Waals surface area contributed by atoms with Crippen LogP contribution in [0.2, 0.25) is 0 Å². The van der Waals surface area contributed by atoms with E-state index < -0.39 is 5.78 Å². The molecule has 0 aliphatic heterocycles. The minimum absolute atomic E-state index is 0.0868. The van der Waals surface area contributed by atoms with Gasteiger partial charge in [0.05, 0.1) is 5.56 Å². The van der Waals surface area contributed by atoms with Gasteiger partial charge < -0.3 is 15.2 Å². The van der Waals surface area contributed by atoms with Gasteiger partial charge >= 0.3 is 0 Å². The molecule has 0 saturated heterocycles. The molecule has 1 amide bonds. The Bertz CT molecular complexity index is 1060. The van der Waals surface area contributed by atoms with Gasteiger partial charge in [0.25, 0.3) is 0 Å². The second kappa shape index (κ2) is 8.84. The van der Waals surface area contributed by atoms with Crippen LogP contribution in [0.25, 0.3) is 6.08 Å². The highest BCUT2D eigenvalue weighted by atomic mass is 19.1. The fourth-order valence-electron chi connectivity index (χ4n) is 2.56. The lowest BCUT2D eigenvalue weighted by atomic mass is 10.1. The summed E-state index contributed by atoms with van der Waals surface area (Å²) in [7, 11) is 0. The van der Waals surface area contributed by atoms with Crippen molar-refractivity contribution in [1.29, 1.82) is 0 Å². The van der Waals surface area contributed by atoms with E-state index in [-0.39, 0.29) is 23.0 Å². The molecule has 5 nitrogen and oxygen atoms in total. The maximum atomic E-state index is 12.9. The summed E-state index contributed by atoms with van der Waals surface area (Å²) in [5.41, 5.74) is 1.26. The van der Waals surface area contributed by atoms with Gasteiger partial charge in [0.2, 0.25) is 5.91 Å². The average molecular weight is 391 g/mol. The molecule has 6 heteroatoms. The van der Waals surface area contributed by atoms with E-state index in [2.05, 4.69) is 5.32 Å². The van der Waals surface area contributed by atoms with E-state index in [4.69, 9.17) is 4.74 Å². The van der Waals surface area contributed by atoms with Crippen molar-refractivity contribution in [3.63, 3.8) is 0 Å². The Morgan fingerprint density at radius 2 is 1.59 bits per heavy atom. The first-order valence-electron chi connectivity index (χ1n) is 8.77. The number of amides is 1. The van der Waals surface area contributed by atoms with Crippen LogP contribution in [0.15, 0.2) is 72.8 Å². The number of hydrogen-bond acceptors (Lipinski definition) is 4. The number of rotatable bonds is 6. The highest BCUT2D eigenvalue weighted by Crippen LogP contribution is 2.24. The lowest BCUT2D eigenvalue weighted by molar-refractivity contribution is -0.114. The quantitative estimate of drug-likeness (QED) is 0.345. The maximum Gasteiger partial charge on any atom is 0.221 e. The summed E-state index contributed by atoms with van der Waals surface area (Å²) in [4.78, 5) is 23.5.